The molecule has 0 aliphatic carbocycles. The zero-order valence-corrected chi connectivity index (χ0v) is 16.4. The Balaban J connectivity index is 1.89. The van der Waals surface area contributed by atoms with E-state index in [1.807, 2.05) is 25.1 Å². The van der Waals surface area contributed by atoms with E-state index in [1.165, 1.54) is 28.7 Å². The Labute approximate surface area is 161 Å². The molecule has 0 radical (unpaired) electrons. The molecule has 134 valence electrons. The first-order chi connectivity index (χ1) is 12.6. The summed E-state index contributed by atoms with van der Waals surface area (Å²) in [6.07, 6.45) is 5.42. The van der Waals surface area contributed by atoms with E-state index in [0.29, 0.717) is 21.7 Å². The van der Waals surface area contributed by atoms with Crippen LogP contribution in [0.2, 0.25) is 0 Å². The van der Waals surface area contributed by atoms with E-state index < -0.39 is 0 Å². The maximum Gasteiger partial charge on any atom is 0.267 e. The minimum Gasteiger partial charge on any atom is -0.282 e. The minimum absolute atomic E-state index is 0.0616. The van der Waals surface area contributed by atoms with E-state index in [2.05, 4.69) is 40.8 Å². The van der Waals surface area contributed by atoms with Crippen molar-refractivity contribution in [3.8, 4) is 0 Å². The van der Waals surface area contributed by atoms with Gasteiger partial charge in [0.2, 0.25) is 5.13 Å². The van der Waals surface area contributed by atoms with Crippen LogP contribution in [0.5, 0.6) is 0 Å². The van der Waals surface area contributed by atoms with Gasteiger partial charge in [0.25, 0.3) is 5.91 Å². The van der Waals surface area contributed by atoms with Crippen LogP contribution in [0.4, 0.5) is 5.13 Å². The van der Waals surface area contributed by atoms with Gasteiger partial charge in [-0.05, 0) is 41.8 Å². The van der Waals surface area contributed by atoms with Crippen molar-refractivity contribution >= 4 is 45.4 Å². The summed E-state index contributed by atoms with van der Waals surface area (Å²) in [7, 11) is 0. The highest BCUT2D eigenvalue weighted by atomic mass is 32.2. The van der Waals surface area contributed by atoms with Gasteiger partial charge in [-0.15, -0.1) is 16.8 Å². The summed E-state index contributed by atoms with van der Waals surface area (Å²) < 4.78 is 0. The van der Waals surface area contributed by atoms with E-state index in [0.717, 1.165) is 23.4 Å². The average Bonchev–Trinajstić information content (AvgIpc) is 3.23. The molecule has 1 fully saturated rings. The number of thioether (sulfide) groups is 1. The molecule has 0 N–H and O–H groups in total. The third-order valence-electron chi connectivity index (χ3n) is 3.84. The van der Waals surface area contributed by atoms with E-state index in [9.17, 15) is 4.79 Å². The Morgan fingerprint density at radius 1 is 1.19 bits per heavy atom. The highest BCUT2D eigenvalue weighted by molar-refractivity contribution is 8.18. The maximum absolute atomic E-state index is 12.8. The van der Waals surface area contributed by atoms with Crippen molar-refractivity contribution in [1.29, 1.82) is 0 Å². The Hall–Kier alpha value is -2.25. The first-order valence-corrected chi connectivity index (χ1v) is 10.1. The lowest BCUT2D eigenvalue weighted by Crippen LogP contribution is -2.29. The Kier molecular flexibility index (Phi) is 6.00. The predicted molar refractivity (Wildman–Crippen MR) is 110 cm³/mol. The van der Waals surface area contributed by atoms with Crippen LogP contribution < -0.4 is 0 Å². The van der Waals surface area contributed by atoms with E-state index in [-0.39, 0.29) is 5.91 Å². The molecule has 0 bridgehead atoms. The van der Waals surface area contributed by atoms with Crippen molar-refractivity contribution in [1.82, 2.24) is 15.1 Å². The Morgan fingerprint density at radius 3 is 2.58 bits per heavy atom. The molecule has 5 nitrogen and oxygen atoms in total. The van der Waals surface area contributed by atoms with Crippen LogP contribution in [0, 0.1) is 0 Å². The Morgan fingerprint density at radius 2 is 1.96 bits per heavy atom. The maximum atomic E-state index is 12.8. The van der Waals surface area contributed by atoms with Gasteiger partial charge in [-0.2, -0.15) is 4.99 Å². The second-order valence-electron chi connectivity index (χ2n) is 5.64. The van der Waals surface area contributed by atoms with Gasteiger partial charge in [0.15, 0.2) is 5.17 Å². The number of carbonyl (C=O) groups excluding carboxylic acids is 1. The molecular weight excluding hydrogens is 364 g/mol. The van der Waals surface area contributed by atoms with Crippen LogP contribution in [-0.4, -0.2) is 32.7 Å². The predicted octanol–water partition coefficient (Wildman–Crippen LogP) is 4.45. The molecule has 3 rings (SSSR count). The monoisotopic (exact) mass is 384 g/mol. The SMILES string of the molecule is C=CCN1C(=O)/C(=C\c2ccc(CC)cc2)SC1=Nc1nnc(CC)s1. The average molecular weight is 385 g/mol. The number of amidine groups is 1. The zero-order valence-electron chi connectivity index (χ0n) is 14.8. The first-order valence-electron chi connectivity index (χ1n) is 8.47. The normalized spacial score (nSPS) is 17.5. The molecule has 7 heteroatoms. The summed E-state index contributed by atoms with van der Waals surface area (Å²) >= 11 is 2.81. The lowest BCUT2D eigenvalue weighted by atomic mass is 10.1. The quantitative estimate of drug-likeness (QED) is 0.545. The van der Waals surface area contributed by atoms with Gasteiger partial charge in [-0.1, -0.05) is 55.5 Å². The Bertz CT molecular complexity index is 868. The van der Waals surface area contributed by atoms with Gasteiger partial charge in [-0.25, -0.2) is 0 Å². The molecule has 0 unspecified atom stereocenters. The van der Waals surface area contributed by atoms with Crippen molar-refractivity contribution < 1.29 is 4.79 Å². The number of aliphatic imine (C=N–C) groups is 1. The minimum atomic E-state index is -0.0616. The lowest BCUT2D eigenvalue weighted by molar-refractivity contribution is -0.121. The van der Waals surface area contributed by atoms with Crippen LogP contribution in [0.15, 0.2) is 46.8 Å². The number of nitrogens with zero attached hydrogens (tertiary/aromatic N) is 4. The fourth-order valence-electron chi connectivity index (χ4n) is 2.40. The van der Waals surface area contributed by atoms with Gasteiger partial charge in [0.1, 0.15) is 5.01 Å². The van der Waals surface area contributed by atoms with Crippen LogP contribution in [-0.2, 0) is 17.6 Å². The third kappa shape index (κ3) is 4.11. The topological polar surface area (TPSA) is 58.5 Å². The van der Waals surface area contributed by atoms with Crippen molar-refractivity contribution in [3.05, 3.63) is 58.0 Å². The molecule has 26 heavy (non-hydrogen) atoms. The third-order valence-corrected chi connectivity index (χ3v) is 5.80. The fraction of sp³-hybridized carbons (Fsp3) is 0.263. The molecule has 2 aromatic rings. The largest absolute Gasteiger partial charge is 0.282 e. The number of aromatic nitrogens is 2. The second-order valence-corrected chi connectivity index (χ2v) is 7.69. The summed E-state index contributed by atoms with van der Waals surface area (Å²) in [6, 6.07) is 8.23. The first kappa shape index (κ1) is 18.5. The number of carbonyl (C=O) groups is 1. The number of aryl methyl sites for hydroxylation is 2. The van der Waals surface area contributed by atoms with Gasteiger partial charge in [0.05, 0.1) is 4.91 Å². The van der Waals surface area contributed by atoms with Crippen LogP contribution >= 0.6 is 23.1 Å². The molecule has 0 saturated carbocycles. The summed E-state index contributed by atoms with van der Waals surface area (Å²) in [6.45, 7) is 8.31. The van der Waals surface area contributed by atoms with E-state index in [4.69, 9.17) is 0 Å². The van der Waals surface area contributed by atoms with Crippen molar-refractivity contribution in [2.45, 2.75) is 26.7 Å². The highest BCUT2D eigenvalue weighted by Gasteiger charge is 2.32. The molecule has 1 aliphatic heterocycles. The number of amides is 1. The van der Waals surface area contributed by atoms with Gasteiger partial charge < -0.3 is 0 Å². The molecule has 1 amide bonds. The summed E-state index contributed by atoms with van der Waals surface area (Å²) in [4.78, 5) is 19.6. The summed E-state index contributed by atoms with van der Waals surface area (Å²) in [5, 5.41) is 10.3. The van der Waals surface area contributed by atoms with E-state index >= 15 is 0 Å². The molecule has 1 aromatic carbocycles. The number of hydrogen-bond donors (Lipinski definition) is 0. The number of hydrogen-bond acceptors (Lipinski definition) is 6. The molecule has 0 spiro atoms. The zero-order chi connectivity index (χ0) is 18.5. The van der Waals surface area contributed by atoms with Gasteiger partial charge in [0, 0.05) is 6.54 Å². The molecule has 1 saturated heterocycles. The molecule has 0 atom stereocenters. The van der Waals surface area contributed by atoms with Crippen molar-refractivity contribution in [3.63, 3.8) is 0 Å². The molecule has 1 aromatic heterocycles. The number of rotatable bonds is 6. The molecular formula is C19H20N4OS2. The van der Waals surface area contributed by atoms with Crippen LogP contribution in [0.25, 0.3) is 6.08 Å². The van der Waals surface area contributed by atoms with Crippen molar-refractivity contribution in [2.24, 2.45) is 4.99 Å². The fourth-order valence-corrected chi connectivity index (χ4v) is 4.09. The lowest BCUT2D eigenvalue weighted by Gasteiger charge is -2.11. The van der Waals surface area contributed by atoms with Gasteiger partial charge >= 0.3 is 0 Å². The summed E-state index contributed by atoms with van der Waals surface area (Å²) in [5.41, 5.74) is 2.28. The van der Waals surface area contributed by atoms with Gasteiger partial charge in [-0.3, -0.25) is 9.69 Å². The smallest absolute Gasteiger partial charge is 0.267 e. The summed E-state index contributed by atoms with van der Waals surface area (Å²) in [5.74, 6) is -0.0616. The highest BCUT2D eigenvalue weighted by Crippen LogP contribution is 2.34. The second kappa shape index (κ2) is 8.42. The molecule has 2 heterocycles. The van der Waals surface area contributed by atoms with Crippen molar-refractivity contribution in [2.75, 3.05) is 6.54 Å². The standard InChI is InChI=1S/C19H20N4OS2/c1-4-11-23-17(24)15(12-14-9-7-13(5-2)8-10-14)25-19(23)20-18-22-21-16(6-3)26-18/h4,7-10,12H,1,5-6,11H2,2-3H3/b15-12+,20-19?. The van der Waals surface area contributed by atoms with Crippen LogP contribution in [0.1, 0.15) is 30.0 Å². The van der Waals surface area contributed by atoms with E-state index in [1.54, 1.807) is 11.0 Å². The molecule has 1 aliphatic rings. The van der Waals surface area contributed by atoms with Crippen LogP contribution in [0.3, 0.4) is 0 Å². The number of benzene rings is 1.